The second kappa shape index (κ2) is 4.30. The van der Waals surface area contributed by atoms with Crippen LogP contribution in [-0.4, -0.2) is 18.1 Å². The van der Waals surface area contributed by atoms with Gasteiger partial charge in [0, 0.05) is 23.8 Å². The van der Waals surface area contributed by atoms with Gasteiger partial charge < -0.3 is 4.90 Å². The molecule has 0 aromatic carbocycles. The highest BCUT2D eigenvalue weighted by Crippen LogP contribution is 2.25. The Kier molecular flexibility index (Phi) is 3.06. The summed E-state index contributed by atoms with van der Waals surface area (Å²) < 4.78 is 1.07. The number of pyridine rings is 1. The predicted molar refractivity (Wildman–Crippen MR) is 62.7 cm³/mol. The summed E-state index contributed by atoms with van der Waals surface area (Å²) in [5.74, 6) is 0. The number of nitrogens with zero attached hydrogens (tertiary/aromatic N) is 2. The van der Waals surface area contributed by atoms with E-state index in [2.05, 4.69) is 38.8 Å². The number of hydrogen-bond acceptors (Lipinski definition) is 2. The molecule has 0 N–H and O–H groups in total. The van der Waals surface area contributed by atoms with E-state index in [0.29, 0.717) is 0 Å². The van der Waals surface area contributed by atoms with Gasteiger partial charge in [-0.3, -0.25) is 4.98 Å². The normalized spacial score (nSPS) is 17.1. The van der Waals surface area contributed by atoms with Gasteiger partial charge in [0.1, 0.15) is 0 Å². The van der Waals surface area contributed by atoms with E-state index in [0.717, 1.165) is 10.2 Å². The third-order valence-electron chi connectivity index (χ3n) is 2.72. The Balaban J connectivity index is 2.24. The van der Waals surface area contributed by atoms with Gasteiger partial charge in [0.2, 0.25) is 0 Å². The minimum atomic E-state index is 1.07. The van der Waals surface area contributed by atoms with Crippen LogP contribution in [0.25, 0.3) is 0 Å². The number of halogens is 1. The van der Waals surface area contributed by atoms with Gasteiger partial charge >= 0.3 is 0 Å². The van der Waals surface area contributed by atoms with Crippen LogP contribution in [-0.2, 0) is 0 Å². The molecule has 76 valence electrons. The lowest BCUT2D eigenvalue weighted by atomic mass is 10.1. The fourth-order valence-electron chi connectivity index (χ4n) is 1.95. The third-order valence-corrected chi connectivity index (χ3v) is 3.16. The minimum Gasteiger partial charge on any atom is -0.370 e. The van der Waals surface area contributed by atoms with Crippen molar-refractivity contribution in [1.82, 2.24) is 4.98 Å². The van der Waals surface area contributed by atoms with Crippen molar-refractivity contribution >= 4 is 21.6 Å². The maximum atomic E-state index is 4.37. The molecule has 2 nitrogen and oxygen atoms in total. The molecule has 1 aromatic rings. The van der Waals surface area contributed by atoms with E-state index in [4.69, 9.17) is 0 Å². The SMILES string of the molecule is Cc1ncc(Br)cc1N1CCCCC1. The molecular formula is C11H15BrN2. The highest BCUT2D eigenvalue weighted by atomic mass is 79.9. The highest BCUT2D eigenvalue weighted by Gasteiger charge is 2.13. The summed E-state index contributed by atoms with van der Waals surface area (Å²) in [6.07, 6.45) is 5.86. The largest absolute Gasteiger partial charge is 0.370 e. The summed E-state index contributed by atoms with van der Waals surface area (Å²) in [7, 11) is 0. The molecule has 0 spiro atoms. The molecule has 2 rings (SSSR count). The van der Waals surface area contributed by atoms with Gasteiger partial charge in [0.05, 0.1) is 11.4 Å². The van der Waals surface area contributed by atoms with Crippen molar-refractivity contribution in [3.05, 3.63) is 22.4 Å². The van der Waals surface area contributed by atoms with Crippen molar-refractivity contribution in [2.24, 2.45) is 0 Å². The summed E-state index contributed by atoms with van der Waals surface area (Å²) in [4.78, 5) is 6.81. The Bertz CT molecular complexity index is 319. The van der Waals surface area contributed by atoms with Crippen LogP contribution in [0.15, 0.2) is 16.7 Å². The first-order valence-corrected chi connectivity index (χ1v) is 5.94. The average Bonchev–Trinajstić information content (AvgIpc) is 2.23. The zero-order valence-corrected chi connectivity index (χ0v) is 10.0. The Labute approximate surface area is 93.5 Å². The second-order valence-electron chi connectivity index (χ2n) is 3.81. The molecular weight excluding hydrogens is 240 g/mol. The minimum absolute atomic E-state index is 1.07. The van der Waals surface area contributed by atoms with E-state index in [-0.39, 0.29) is 0 Å². The highest BCUT2D eigenvalue weighted by molar-refractivity contribution is 9.10. The number of piperidine rings is 1. The summed E-state index contributed by atoms with van der Waals surface area (Å²) in [6, 6.07) is 2.17. The quantitative estimate of drug-likeness (QED) is 0.766. The van der Waals surface area contributed by atoms with E-state index in [1.165, 1.54) is 38.0 Å². The van der Waals surface area contributed by atoms with Gasteiger partial charge in [-0.1, -0.05) is 0 Å². The van der Waals surface area contributed by atoms with Crippen molar-refractivity contribution in [2.75, 3.05) is 18.0 Å². The van der Waals surface area contributed by atoms with Crippen molar-refractivity contribution in [2.45, 2.75) is 26.2 Å². The molecule has 0 atom stereocenters. The van der Waals surface area contributed by atoms with Crippen LogP contribution in [0.2, 0.25) is 0 Å². The number of aryl methyl sites for hydroxylation is 1. The molecule has 3 heteroatoms. The van der Waals surface area contributed by atoms with Crippen molar-refractivity contribution < 1.29 is 0 Å². The van der Waals surface area contributed by atoms with Crippen LogP contribution in [0.3, 0.4) is 0 Å². The molecule has 1 aliphatic heterocycles. The van der Waals surface area contributed by atoms with Crippen LogP contribution < -0.4 is 4.90 Å². The smallest absolute Gasteiger partial charge is 0.0606 e. The third kappa shape index (κ3) is 2.08. The number of aromatic nitrogens is 1. The Morgan fingerprint density at radius 1 is 1.29 bits per heavy atom. The Morgan fingerprint density at radius 2 is 2.00 bits per heavy atom. The summed E-state index contributed by atoms with van der Waals surface area (Å²) in [5.41, 5.74) is 2.43. The molecule has 0 bridgehead atoms. The fraction of sp³-hybridized carbons (Fsp3) is 0.545. The Hall–Kier alpha value is -0.570. The molecule has 2 heterocycles. The lowest BCUT2D eigenvalue weighted by Gasteiger charge is -2.29. The van der Waals surface area contributed by atoms with Crippen LogP contribution in [0.4, 0.5) is 5.69 Å². The first-order chi connectivity index (χ1) is 6.77. The van der Waals surface area contributed by atoms with Crippen molar-refractivity contribution in [3.63, 3.8) is 0 Å². The van der Waals surface area contributed by atoms with Crippen LogP contribution in [0.1, 0.15) is 25.0 Å². The second-order valence-corrected chi connectivity index (χ2v) is 4.72. The summed E-state index contributed by atoms with van der Waals surface area (Å²) >= 11 is 3.47. The van der Waals surface area contributed by atoms with Crippen LogP contribution >= 0.6 is 15.9 Å². The first-order valence-electron chi connectivity index (χ1n) is 5.14. The molecule has 14 heavy (non-hydrogen) atoms. The first kappa shape index (κ1) is 9.97. The number of anilines is 1. The average molecular weight is 255 g/mol. The van der Waals surface area contributed by atoms with Crippen LogP contribution in [0.5, 0.6) is 0 Å². The maximum Gasteiger partial charge on any atom is 0.0606 e. The number of rotatable bonds is 1. The number of hydrogen-bond donors (Lipinski definition) is 0. The van der Waals surface area contributed by atoms with Gasteiger partial charge in [0.15, 0.2) is 0 Å². The summed E-state index contributed by atoms with van der Waals surface area (Å²) in [6.45, 7) is 4.44. The van der Waals surface area contributed by atoms with Gasteiger partial charge in [-0.2, -0.15) is 0 Å². The van der Waals surface area contributed by atoms with Crippen molar-refractivity contribution in [3.8, 4) is 0 Å². The molecule has 0 radical (unpaired) electrons. The van der Waals surface area contributed by atoms with E-state index >= 15 is 0 Å². The maximum absolute atomic E-state index is 4.37. The lowest BCUT2D eigenvalue weighted by molar-refractivity contribution is 0.576. The molecule has 1 aliphatic rings. The molecule has 1 saturated heterocycles. The molecule has 0 unspecified atom stereocenters. The molecule has 1 aromatic heterocycles. The molecule has 0 saturated carbocycles. The van der Waals surface area contributed by atoms with E-state index in [9.17, 15) is 0 Å². The van der Waals surface area contributed by atoms with Gasteiger partial charge in [0.25, 0.3) is 0 Å². The standard InChI is InChI=1S/C11H15BrN2/c1-9-11(7-10(12)8-13-9)14-5-3-2-4-6-14/h7-8H,2-6H2,1H3. The molecule has 0 amide bonds. The van der Waals surface area contributed by atoms with E-state index in [1.807, 2.05) is 6.20 Å². The van der Waals surface area contributed by atoms with Gasteiger partial charge in [-0.05, 0) is 48.2 Å². The topological polar surface area (TPSA) is 16.1 Å². The predicted octanol–water partition coefficient (Wildman–Crippen LogP) is 3.14. The van der Waals surface area contributed by atoms with Gasteiger partial charge in [-0.15, -0.1) is 0 Å². The van der Waals surface area contributed by atoms with Gasteiger partial charge in [-0.25, -0.2) is 0 Å². The lowest BCUT2D eigenvalue weighted by Crippen LogP contribution is -2.30. The zero-order valence-electron chi connectivity index (χ0n) is 8.46. The Morgan fingerprint density at radius 3 is 2.71 bits per heavy atom. The van der Waals surface area contributed by atoms with Crippen LogP contribution in [0, 0.1) is 6.92 Å². The monoisotopic (exact) mass is 254 g/mol. The molecule has 0 aliphatic carbocycles. The van der Waals surface area contributed by atoms with Crippen molar-refractivity contribution in [1.29, 1.82) is 0 Å². The van der Waals surface area contributed by atoms with E-state index < -0.39 is 0 Å². The summed E-state index contributed by atoms with van der Waals surface area (Å²) in [5, 5.41) is 0. The molecule has 1 fully saturated rings. The fourth-order valence-corrected chi connectivity index (χ4v) is 2.27. The van der Waals surface area contributed by atoms with E-state index in [1.54, 1.807) is 0 Å². The zero-order chi connectivity index (χ0) is 9.97.